The lowest BCUT2D eigenvalue weighted by molar-refractivity contribution is 0.415. The van der Waals surface area contributed by atoms with Crippen molar-refractivity contribution in [2.75, 3.05) is 18.6 Å². The van der Waals surface area contributed by atoms with Crippen molar-refractivity contribution in [1.82, 2.24) is 0 Å². The van der Waals surface area contributed by atoms with E-state index in [-0.39, 0.29) is 0 Å². The van der Waals surface area contributed by atoms with E-state index >= 15 is 0 Å². The minimum absolute atomic E-state index is 0.541. The molecule has 2 aromatic carbocycles. The van der Waals surface area contributed by atoms with Crippen molar-refractivity contribution in [3.8, 4) is 5.75 Å². The third-order valence-electron chi connectivity index (χ3n) is 3.48. The molecule has 1 fully saturated rings. The predicted octanol–water partition coefficient (Wildman–Crippen LogP) is 3.56. The third kappa shape index (κ3) is 2.06. The van der Waals surface area contributed by atoms with E-state index in [1.54, 1.807) is 7.11 Å². The molecule has 0 aliphatic carbocycles. The molecule has 0 bridgehead atoms. The fourth-order valence-corrected chi connectivity index (χ4v) is 2.27. The summed E-state index contributed by atoms with van der Waals surface area (Å²) in [6, 6.07) is 17.6. The van der Waals surface area contributed by atoms with E-state index in [0.717, 1.165) is 12.3 Å². The van der Waals surface area contributed by atoms with E-state index in [0.29, 0.717) is 6.04 Å². The maximum absolute atomic E-state index is 5.18. The van der Waals surface area contributed by atoms with Crippen LogP contribution in [0.5, 0.6) is 5.75 Å². The summed E-state index contributed by atoms with van der Waals surface area (Å²) < 4.78 is 5.18. The summed E-state index contributed by atoms with van der Waals surface area (Å²) in [5.74, 6) is 0.910. The Morgan fingerprint density at radius 3 is 2.28 bits per heavy atom. The Bertz CT molecular complexity index is 530. The van der Waals surface area contributed by atoms with Crippen LogP contribution in [0, 0.1) is 6.92 Å². The molecule has 0 radical (unpaired) electrons. The van der Waals surface area contributed by atoms with E-state index in [4.69, 9.17) is 4.74 Å². The molecule has 1 saturated heterocycles. The summed E-state index contributed by atoms with van der Waals surface area (Å²) in [5.41, 5.74) is 3.98. The first-order valence-corrected chi connectivity index (χ1v) is 6.25. The number of benzene rings is 2. The normalized spacial score (nSPS) is 17.7. The van der Waals surface area contributed by atoms with Crippen LogP contribution >= 0.6 is 0 Å². The lowest BCUT2D eigenvalue weighted by Crippen LogP contribution is -1.94. The second kappa shape index (κ2) is 4.37. The maximum Gasteiger partial charge on any atom is 0.119 e. The minimum atomic E-state index is 0.541. The van der Waals surface area contributed by atoms with Gasteiger partial charge in [0.15, 0.2) is 0 Å². The number of hydrogen-bond acceptors (Lipinski definition) is 2. The van der Waals surface area contributed by atoms with Crippen molar-refractivity contribution in [3.05, 3.63) is 59.7 Å². The van der Waals surface area contributed by atoms with Crippen LogP contribution in [0.1, 0.15) is 17.2 Å². The molecular weight excluding hydrogens is 222 g/mol. The molecular formula is C16H17NO. The third-order valence-corrected chi connectivity index (χ3v) is 3.48. The molecule has 3 rings (SSSR count). The van der Waals surface area contributed by atoms with Crippen LogP contribution in [0.3, 0.4) is 0 Å². The molecule has 0 spiro atoms. The average molecular weight is 239 g/mol. The second-order valence-electron chi connectivity index (χ2n) is 4.78. The highest BCUT2D eigenvalue weighted by molar-refractivity contribution is 5.57. The van der Waals surface area contributed by atoms with Gasteiger partial charge in [-0.2, -0.15) is 0 Å². The number of rotatable bonds is 3. The fourth-order valence-electron chi connectivity index (χ4n) is 2.27. The van der Waals surface area contributed by atoms with Gasteiger partial charge >= 0.3 is 0 Å². The molecule has 0 amide bonds. The molecule has 18 heavy (non-hydrogen) atoms. The van der Waals surface area contributed by atoms with Gasteiger partial charge < -0.3 is 9.64 Å². The van der Waals surface area contributed by atoms with Gasteiger partial charge in [-0.05, 0) is 36.8 Å². The predicted molar refractivity (Wildman–Crippen MR) is 74.3 cm³/mol. The summed E-state index contributed by atoms with van der Waals surface area (Å²) in [6.07, 6.45) is 0. The number of nitrogens with zero attached hydrogens (tertiary/aromatic N) is 1. The van der Waals surface area contributed by atoms with Gasteiger partial charge in [-0.3, -0.25) is 0 Å². The largest absolute Gasteiger partial charge is 0.497 e. The highest BCUT2D eigenvalue weighted by Gasteiger charge is 2.35. The highest BCUT2D eigenvalue weighted by Crippen LogP contribution is 2.40. The van der Waals surface area contributed by atoms with E-state index in [2.05, 4.69) is 48.2 Å². The van der Waals surface area contributed by atoms with Crippen LogP contribution in [-0.4, -0.2) is 13.7 Å². The topological polar surface area (TPSA) is 12.2 Å². The Balaban J connectivity index is 1.74. The van der Waals surface area contributed by atoms with Crippen LogP contribution < -0.4 is 9.64 Å². The first kappa shape index (κ1) is 11.1. The van der Waals surface area contributed by atoms with E-state index < -0.39 is 0 Å². The maximum atomic E-state index is 5.18. The van der Waals surface area contributed by atoms with Crippen LogP contribution in [0.25, 0.3) is 0 Å². The molecule has 2 aromatic rings. The van der Waals surface area contributed by atoms with Gasteiger partial charge in [0.05, 0.1) is 13.2 Å². The van der Waals surface area contributed by atoms with Gasteiger partial charge in [-0.1, -0.05) is 29.8 Å². The molecule has 1 heterocycles. The fraction of sp³-hybridized carbons (Fsp3) is 0.250. The van der Waals surface area contributed by atoms with Gasteiger partial charge in [0.1, 0.15) is 5.75 Å². The number of ether oxygens (including phenoxy) is 1. The number of aryl methyl sites for hydroxylation is 1. The van der Waals surface area contributed by atoms with Gasteiger partial charge in [-0.15, -0.1) is 0 Å². The zero-order chi connectivity index (χ0) is 12.5. The minimum Gasteiger partial charge on any atom is -0.497 e. The zero-order valence-corrected chi connectivity index (χ0v) is 10.8. The number of methoxy groups -OCH3 is 1. The Morgan fingerprint density at radius 2 is 1.67 bits per heavy atom. The van der Waals surface area contributed by atoms with Crippen molar-refractivity contribution < 1.29 is 4.74 Å². The van der Waals surface area contributed by atoms with Crippen LogP contribution in [0.2, 0.25) is 0 Å². The molecule has 1 aliphatic heterocycles. The first-order chi connectivity index (χ1) is 8.78. The standard InChI is InChI=1S/C16H17NO/c1-12-3-5-13(6-4-12)16-11-17(16)14-7-9-15(18-2)10-8-14/h3-10,16H,11H2,1-2H3/t16-,17?/m0/s1. The number of hydrogen-bond donors (Lipinski definition) is 0. The Labute approximate surface area is 108 Å². The van der Waals surface area contributed by atoms with Crippen LogP contribution in [0.15, 0.2) is 48.5 Å². The Hall–Kier alpha value is -1.96. The molecule has 1 aliphatic rings. The van der Waals surface area contributed by atoms with E-state index in [1.165, 1.54) is 16.8 Å². The Kier molecular flexibility index (Phi) is 2.71. The smallest absolute Gasteiger partial charge is 0.119 e. The van der Waals surface area contributed by atoms with E-state index in [1.807, 2.05) is 12.1 Å². The van der Waals surface area contributed by atoms with Gasteiger partial charge in [0.25, 0.3) is 0 Å². The average Bonchev–Trinajstić information content (AvgIpc) is 3.20. The zero-order valence-electron chi connectivity index (χ0n) is 10.8. The SMILES string of the molecule is COc1ccc(N2C[C@H]2c2ccc(C)cc2)cc1. The molecule has 2 heteroatoms. The molecule has 1 atom stereocenters. The summed E-state index contributed by atoms with van der Waals surface area (Å²) >= 11 is 0. The summed E-state index contributed by atoms with van der Waals surface area (Å²) in [7, 11) is 1.70. The molecule has 0 N–H and O–H groups in total. The van der Waals surface area contributed by atoms with Crippen molar-refractivity contribution in [2.45, 2.75) is 13.0 Å². The lowest BCUT2D eigenvalue weighted by Gasteiger charge is -2.07. The highest BCUT2D eigenvalue weighted by atomic mass is 16.5. The molecule has 0 unspecified atom stereocenters. The van der Waals surface area contributed by atoms with Crippen molar-refractivity contribution in [2.24, 2.45) is 0 Å². The number of anilines is 1. The summed E-state index contributed by atoms with van der Waals surface area (Å²) in [4.78, 5) is 2.39. The van der Waals surface area contributed by atoms with Gasteiger partial charge in [0.2, 0.25) is 0 Å². The molecule has 0 aromatic heterocycles. The van der Waals surface area contributed by atoms with Gasteiger partial charge in [0, 0.05) is 12.2 Å². The monoisotopic (exact) mass is 239 g/mol. The summed E-state index contributed by atoms with van der Waals surface area (Å²) in [6.45, 7) is 3.23. The van der Waals surface area contributed by atoms with Crippen molar-refractivity contribution in [3.63, 3.8) is 0 Å². The lowest BCUT2D eigenvalue weighted by atomic mass is 10.1. The second-order valence-corrected chi connectivity index (χ2v) is 4.78. The van der Waals surface area contributed by atoms with E-state index in [9.17, 15) is 0 Å². The van der Waals surface area contributed by atoms with Crippen molar-refractivity contribution in [1.29, 1.82) is 0 Å². The summed E-state index contributed by atoms with van der Waals surface area (Å²) in [5, 5.41) is 0. The molecule has 2 nitrogen and oxygen atoms in total. The van der Waals surface area contributed by atoms with Gasteiger partial charge in [-0.25, -0.2) is 0 Å². The first-order valence-electron chi connectivity index (χ1n) is 6.25. The molecule has 0 saturated carbocycles. The van der Waals surface area contributed by atoms with Crippen molar-refractivity contribution >= 4 is 5.69 Å². The Morgan fingerprint density at radius 1 is 1.00 bits per heavy atom. The quantitative estimate of drug-likeness (QED) is 0.759. The molecule has 92 valence electrons. The van der Waals surface area contributed by atoms with Crippen LogP contribution in [-0.2, 0) is 0 Å². The van der Waals surface area contributed by atoms with Crippen LogP contribution in [0.4, 0.5) is 5.69 Å².